The topological polar surface area (TPSA) is 91.8 Å². The lowest BCUT2D eigenvalue weighted by atomic mass is 10.0. The van der Waals surface area contributed by atoms with Gasteiger partial charge in [0.25, 0.3) is 5.91 Å². The van der Waals surface area contributed by atoms with Crippen molar-refractivity contribution in [3.05, 3.63) is 59.7 Å². The second-order valence-electron chi connectivity index (χ2n) is 7.94. The summed E-state index contributed by atoms with van der Waals surface area (Å²) in [6, 6.07) is 14.8. The van der Waals surface area contributed by atoms with Crippen LogP contribution in [0.1, 0.15) is 55.5 Å². The first-order valence-corrected chi connectivity index (χ1v) is 10.6. The van der Waals surface area contributed by atoms with Gasteiger partial charge in [-0.2, -0.15) is 0 Å². The smallest absolute Gasteiger partial charge is 0.257 e. The van der Waals surface area contributed by atoms with Crippen LogP contribution in [0.5, 0.6) is 0 Å². The van der Waals surface area contributed by atoms with E-state index in [0.717, 1.165) is 25.1 Å². The van der Waals surface area contributed by atoms with Crippen molar-refractivity contribution in [2.45, 2.75) is 45.6 Å². The highest BCUT2D eigenvalue weighted by molar-refractivity contribution is 6.10. The summed E-state index contributed by atoms with van der Waals surface area (Å²) < 4.78 is 5.65. The van der Waals surface area contributed by atoms with E-state index >= 15 is 0 Å². The summed E-state index contributed by atoms with van der Waals surface area (Å²) in [5, 5.41) is 8.76. The Morgan fingerprint density at radius 2 is 1.68 bits per heavy atom. The number of carbonyl (C=O) groups excluding carboxylic acids is 2. The summed E-state index contributed by atoms with van der Waals surface area (Å²) in [6.07, 6.45) is 2.08. The third-order valence-electron chi connectivity index (χ3n) is 5.02. The number of benzene rings is 2. The van der Waals surface area contributed by atoms with Crippen molar-refractivity contribution >= 4 is 29.1 Å². The molecule has 0 bridgehead atoms. The number of guanidine groups is 1. The molecular weight excluding hydrogens is 392 g/mol. The van der Waals surface area contributed by atoms with Gasteiger partial charge in [-0.15, -0.1) is 0 Å². The fourth-order valence-electron chi connectivity index (χ4n) is 3.27. The number of carbonyl (C=O) groups is 2. The molecule has 0 aromatic heterocycles. The van der Waals surface area contributed by atoms with E-state index in [9.17, 15) is 9.59 Å². The van der Waals surface area contributed by atoms with Crippen molar-refractivity contribution < 1.29 is 14.3 Å². The maximum absolute atomic E-state index is 12.8. The summed E-state index contributed by atoms with van der Waals surface area (Å²) in [5.74, 6) is 0.380. The molecule has 0 spiro atoms. The van der Waals surface area contributed by atoms with Crippen LogP contribution >= 0.6 is 0 Å². The number of hydrogen-bond acceptors (Lipinski definition) is 4. The van der Waals surface area contributed by atoms with Crippen LogP contribution < -0.4 is 16.0 Å². The zero-order valence-corrected chi connectivity index (χ0v) is 18.3. The molecule has 164 valence electrons. The highest BCUT2D eigenvalue weighted by Gasteiger charge is 2.16. The van der Waals surface area contributed by atoms with Crippen molar-refractivity contribution in [3.63, 3.8) is 0 Å². The van der Waals surface area contributed by atoms with Crippen LogP contribution in [0.25, 0.3) is 0 Å². The van der Waals surface area contributed by atoms with Crippen LogP contribution in [0.2, 0.25) is 0 Å². The largest absolute Gasteiger partial charge is 0.376 e. The van der Waals surface area contributed by atoms with Gasteiger partial charge in [0.1, 0.15) is 0 Å². The Labute approximate surface area is 183 Å². The van der Waals surface area contributed by atoms with Crippen LogP contribution in [0, 0.1) is 0 Å². The number of hydrogen-bond donors (Lipinski definition) is 3. The minimum Gasteiger partial charge on any atom is -0.376 e. The van der Waals surface area contributed by atoms with E-state index in [1.165, 1.54) is 12.5 Å². The molecule has 1 aliphatic rings. The summed E-state index contributed by atoms with van der Waals surface area (Å²) in [6.45, 7) is 6.97. The average Bonchev–Trinajstić information content (AvgIpc) is 3.26. The Hall–Kier alpha value is -3.19. The third kappa shape index (κ3) is 6.93. The number of aliphatic imine (C=N–C) groups is 1. The molecule has 1 saturated heterocycles. The standard InChI is InChI=1S/C24H30N4O3/c1-16(2)18-6-10-21(11-7-18)27-24(25-15-22-5-4-14-31-22)28-23(30)19-8-12-20(13-9-19)26-17(3)29/h6-13,16,22H,4-5,14-15H2,1-3H3,(H,26,29)(H2,25,27,28,30). The summed E-state index contributed by atoms with van der Waals surface area (Å²) in [7, 11) is 0. The molecule has 1 unspecified atom stereocenters. The molecule has 2 aromatic rings. The number of amides is 2. The molecule has 0 saturated carbocycles. The molecule has 3 N–H and O–H groups in total. The Morgan fingerprint density at radius 3 is 2.26 bits per heavy atom. The van der Waals surface area contributed by atoms with E-state index in [1.807, 2.05) is 12.1 Å². The van der Waals surface area contributed by atoms with Crippen LogP contribution in [-0.4, -0.2) is 37.0 Å². The molecule has 1 aliphatic heterocycles. The first-order chi connectivity index (χ1) is 14.9. The van der Waals surface area contributed by atoms with E-state index in [2.05, 4.69) is 46.9 Å². The lowest BCUT2D eigenvalue weighted by molar-refractivity contribution is -0.114. The van der Waals surface area contributed by atoms with Gasteiger partial charge in [-0.3, -0.25) is 14.9 Å². The molecule has 1 atom stereocenters. The van der Waals surface area contributed by atoms with Gasteiger partial charge < -0.3 is 15.4 Å². The monoisotopic (exact) mass is 422 g/mol. The van der Waals surface area contributed by atoms with Gasteiger partial charge in [-0.1, -0.05) is 26.0 Å². The lowest BCUT2D eigenvalue weighted by Crippen LogP contribution is -2.36. The van der Waals surface area contributed by atoms with Crippen LogP contribution in [0.3, 0.4) is 0 Å². The number of anilines is 2. The van der Waals surface area contributed by atoms with E-state index in [4.69, 9.17) is 4.74 Å². The minimum atomic E-state index is -0.285. The average molecular weight is 423 g/mol. The second-order valence-corrected chi connectivity index (χ2v) is 7.94. The molecule has 3 rings (SSSR count). The van der Waals surface area contributed by atoms with Crippen LogP contribution in [-0.2, 0) is 9.53 Å². The van der Waals surface area contributed by atoms with Crippen molar-refractivity contribution in [3.8, 4) is 0 Å². The fourth-order valence-corrected chi connectivity index (χ4v) is 3.27. The minimum absolute atomic E-state index is 0.0777. The summed E-state index contributed by atoms with van der Waals surface area (Å²) >= 11 is 0. The predicted octanol–water partition coefficient (Wildman–Crippen LogP) is 4.15. The molecule has 2 aromatic carbocycles. The summed E-state index contributed by atoms with van der Waals surface area (Å²) in [5.41, 5.74) is 3.19. The van der Waals surface area contributed by atoms with Gasteiger partial charge in [-0.05, 0) is 60.7 Å². The molecule has 7 heteroatoms. The molecule has 0 aliphatic carbocycles. The first-order valence-electron chi connectivity index (χ1n) is 10.6. The molecule has 0 radical (unpaired) electrons. The van der Waals surface area contributed by atoms with E-state index in [1.54, 1.807) is 24.3 Å². The Kier molecular flexibility index (Phi) is 7.78. The van der Waals surface area contributed by atoms with Gasteiger partial charge in [0.2, 0.25) is 11.9 Å². The number of nitrogens with one attached hydrogen (secondary N) is 3. The third-order valence-corrected chi connectivity index (χ3v) is 5.02. The number of rotatable bonds is 6. The zero-order valence-electron chi connectivity index (χ0n) is 18.3. The highest BCUT2D eigenvalue weighted by Crippen LogP contribution is 2.17. The van der Waals surface area contributed by atoms with E-state index < -0.39 is 0 Å². The molecule has 2 amide bonds. The van der Waals surface area contributed by atoms with Crippen molar-refractivity contribution in [2.75, 3.05) is 23.8 Å². The Morgan fingerprint density at radius 1 is 1.03 bits per heavy atom. The fraction of sp³-hybridized carbons (Fsp3) is 0.375. The van der Waals surface area contributed by atoms with Crippen molar-refractivity contribution in [1.29, 1.82) is 0 Å². The molecular formula is C24H30N4O3. The van der Waals surface area contributed by atoms with E-state index in [-0.39, 0.29) is 17.9 Å². The number of nitrogens with zero attached hydrogens (tertiary/aromatic N) is 1. The number of ether oxygens (including phenoxy) is 1. The zero-order chi connectivity index (χ0) is 22.2. The predicted molar refractivity (Wildman–Crippen MR) is 124 cm³/mol. The first kappa shape index (κ1) is 22.5. The normalized spacial score (nSPS) is 16.3. The van der Waals surface area contributed by atoms with Gasteiger partial charge in [0.05, 0.1) is 12.6 Å². The highest BCUT2D eigenvalue weighted by atomic mass is 16.5. The van der Waals surface area contributed by atoms with Gasteiger partial charge in [0.15, 0.2) is 0 Å². The lowest BCUT2D eigenvalue weighted by Gasteiger charge is -2.14. The second kappa shape index (κ2) is 10.7. The van der Waals surface area contributed by atoms with Crippen molar-refractivity contribution in [1.82, 2.24) is 5.32 Å². The quantitative estimate of drug-likeness (QED) is 0.482. The Bertz CT molecular complexity index is 915. The van der Waals surface area contributed by atoms with Gasteiger partial charge >= 0.3 is 0 Å². The molecule has 1 fully saturated rings. The summed E-state index contributed by atoms with van der Waals surface area (Å²) in [4.78, 5) is 28.5. The maximum atomic E-state index is 12.8. The SMILES string of the molecule is CC(=O)Nc1ccc(C(=O)NC(=NCC2CCCO2)Nc2ccc(C(C)C)cc2)cc1. The van der Waals surface area contributed by atoms with Crippen LogP contribution in [0.4, 0.5) is 11.4 Å². The van der Waals surface area contributed by atoms with Crippen molar-refractivity contribution in [2.24, 2.45) is 4.99 Å². The van der Waals surface area contributed by atoms with Gasteiger partial charge in [-0.25, -0.2) is 4.99 Å². The molecule has 1 heterocycles. The Balaban J connectivity index is 1.71. The maximum Gasteiger partial charge on any atom is 0.257 e. The van der Waals surface area contributed by atoms with Gasteiger partial charge in [0, 0.05) is 30.5 Å². The van der Waals surface area contributed by atoms with Crippen LogP contribution in [0.15, 0.2) is 53.5 Å². The molecule has 31 heavy (non-hydrogen) atoms. The van der Waals surface area contributed by atoms with E-state index in [0.29, 0.717) is 29.7 Å². The molecule has 7 nitrogen and oxygen atoms in total.